The maximum Gasteiger partial charge on any atom is 0.325 e. The van der Waals surface area contributed by atoms with Gasteiger partial charge >= 0.3 is 6.03 Å². The second-order valence-corrected chi connectivity index (χ2v) is 11.5. The zero-order valence-electron chi connectivity index (χ0n) is 17.6. The standard InChI is InChI=1S/C22H23N3O5S2/c1-32(29,30)25-10-3-4-14-12-15(6-7-17(14)25)18(26)13-24-20(27)22(23-21(24)28)9-2-5-19-16(22)8-11-31-19/h6-8,11-12H,2-5,9-10,13H2,1H3,(H,23,28)/t22-/m1/s1. The van der Waals surface area contributed by atoms with Gasteiger partial charge in [-0.15, -0.1) is 11.3 Å². The molecule has 32 heavy (non-hydrogen) atoms. The lowest BCUT2D eigenvalue weighted by Crippen LogP contribution is -2.46. The van der Waals surface area contributed by atoms with Crippen LogP contribution in [0.4, 0.5) is 10.5 Å². The van der Waals surface area contributed by atoms with E-state index in [0.717, 1.165) is 33.7 Å². The maximum atomic E-state index is 13.3. The van der Waals surface area contributed by atoms with Crippen molar-refractivity contribution in [3.8, 4) is 0 Å². The van der Waals surface area contributed by atoms with Crippen LogP contribution < -0.4 is 9.62 Å². The molecule has 2 aromatic rings. The van der Waals surface area contributed by atoms with Crippen molar-refractivity contribution in [2.75, 3.05) is 23.7 Å². The first-order chi connectivity index (χ1) is 15.2. The molecule has 2 aliphatic heterocycles. The molecule has 1 aromatic carbocycles. The number of rotatable bonds is 4. The number of imide groups is 1. The van der Waals surface area contributed by atoms with Crippen molar-refractivity contribution >= 4 is 44.8 Å². The molecule has 1 aromatic heterocycles. The number of aryl methyl sites for hydroxylation is 2. The van der Waals surface area contributed by atoms with Crippen molar-refractivity contribution in [3.05, 3.63) is 51.2 Å². The van der Waals surface area contributed by atoms with Crippen LogP contribution in [0.1, 0.15) is 45.6 Å². The first-order valence-electron chi connectivity index (χ1n) is 10.6. The zero-order valence-corrected chi connectivity index (χ0v) is 19.2. The number of thiophene rings is 1. The molecule has 0 unspecified atom stereocenters. The number of benzene rings is 1. The highest BCUT2D eigenvalue weighted by Gasteiger charge is 2.54. The summed E-state index contributed by atoms with van der Waals surface area (Å²) in [6, 6.07) is 6.22. The number of carbonyl (C=O) groups is 3. The molecule has 0 saturated carbocycles. The highest BCUT2D eigenvalue weighted by molar-refractivity contribution is 7.92. The third-order valence-electron chi connectivity index (χ3n) is 6.52. The van der Waals surface area contributed by atoms with Gasteiger partial charge in [0.2, 0.25) is 10.0 Å². The molecule has 3 aliphatic rings. The Morgan fingerprint density at radius 1 is 1.19 bits per heavy atom. The van der Waals surface area contributed by atoms with Crippen LogP contribution in [0.3, 0.4) is 0 Å². The van der Waals surface area contributed by atoms with Crippen LogP contribution in [0.15, 0.2) is 29.6 Å². The molecule has 1 spiro atoms. The second-order valence-electron chi connectivity index (χ2n) is 8.54. The number of ketones is 1. The molecular formula is C22H23N3O5S2. The first kappa shape index (κ1) is 21.1. The Morgan fingerprint density at radius 3 is 2.78 bits per heavy atom. The molecule has 0 radical (unpaired) electrons. The van der Waals surface area contributed by atoms with E-state index in [1.807, 2.05) is 11.4 Å². The number of nitrogens with one attached hydrogen (secondary N) is 1. The predicted octanol–water partition coefficient (Wildman–Crippen LogP) is 2.43. The largest absolute Gasteiger partial charge is 0.325 e. The minimum Gasteiger partial charge on any atom is -0.319 e. The van der Waals surface area contributed by atoms with E-state index in [0.29, 0.717) is 37.1 Å². The fraction of sp³-hybridized carbons (Fsp3) is 0.409. The summed E-state index contributed by atoms with van der Waals surface area (Å²) in [6.45, 7) is 0.0642. The van der Waals surface area contributed by atoms with Crippen LogP contribution in [-0.2, 0) is 33.2 Å². The molecule has 1 atom stereocenters. The monoisotopic (exact) mass is 473 g/mol. The molecule has 8 nitrogen and oxygen atoms in total. The van der Waals surface area contributed by atoms with Gasteiger partial charge in [0, 0.05) is 22.5 Å². The van der Waals surface area contributed by atoms with Crippen LogP contribution in [0, 0.1) is 0 Å². The Kier molecular flexibility index (Phi) is 4.90. The normalized spacial score (nSPS) is 22.7. The van der Waals surface area contributed by atoms with Crippen LogP contribution in [-0.4, -0.2) is 50.4 Å². The van der Waals surface area contributed by atoms with Gasteiger partial charge in [-0.2, -0.15) is 0 Å². The number of nitrogens with zero attached hydrogens (tertiary/aromatic N) is 2. The predicted molar refractivity (Wildman–Crippen MR) is 120 cm³/mol. The summed E-state index contributed by atoms with van der Waals surface area (Å²) in [5.41, 5.74) is 1.49. The van der Waals surface area contributed by atoms with E-state index in [1.165, 1.54) is 10.6 Å². The molecule has 3 amide bonds. The summed E-state index contributed by atoms with van der Waals surface area (Å²) in [5, 5.41) is 4.79. The van der Waals surface area contributed by atoms with E-state index in [4.69, 9.17) is 0 Å². The fourth-order valence-corrected chi connectivity index (χ4v) is 7.00. The highest BCUT2D eigenvalue weighted by atomic mass is 32.2. The molecule has 5 rings (SSSR count). The van der Waals surface area contributed by atoms with Crippen LogP contribution in [0.25, 0.3) is 0 Å². The van der Waals surface area contributed by atoms with E-state index in [9.17, 15) is 22.8 Å². The maximum absolute atomic E-state index is 13.3. The summed E-state index contributed by atoms with van der Waals surface area (Å²) < 4.78 is 25.5. The number of fused-ring (bicyclic) bond motifs is 3. The third-order valence-corrected chi connectivity index (χ3v) is 8.68. The van der Waals surface area contributed by atoms with Crippen molar-refractivity contribution in [2.24, 2.45) is 0 Å². The summed E-state index contributed by atoms with van der Waals surface area (Å²) in [7, 11) is -3.40. The highest BCUT2D eigenvalue weighted by Crippen LogP contribution is 2.42. The second kappa shape index (κ2) is 7.41. The lowest BCUT2D eigenvalue weighted by Gasteiger charge is -2.31. The molecule has 1 saturated heterocycles. The number of carbonyl (C=O) groups excluding carboxylic acids is 3. The Balaban J connectivity index is 1.40. The summed E-state index contributed by atoms with van der Waals surface area (Å²) in [4.78, 5) is 41.2. The lowest BCUT2D eigenvalue weighted by atomic mass is 9.80. The molecule has 1 fully saturated rings. The van der Waals surface area contributed by atoms with Gasteiger partial charge in [-0.1, -0.05) is 0 Å². The number of amides is 3. The van der Waals surface area contributed by atoms with Crippen LogP contribution >= 0.6 is 11.3 Å². The number of sulfonamides is 1. The fourth-order valence-electron chi connectivity index (χ4n) is 5.00. The molecule has 168 valence electrons. The van der Waals surface area contributed by atoms with Crippen molar-refractivity contribution in [2.45, 2.75) is 37.6 Å². The molecular weight excluding hydrogens is 450 g/mol. The molecule has 0 bridgehead atoms. The Hall–Kier alpha value is -2.72. The number of Topliss-reactive ketones (excluding diaryl/α,β-unsaturated/α-hetero) is 1. The van der Waals surface area contributed by atoms with Crippen molar-refractivity contribution in [1.82, 2.24) is 10.2 Å². The quantitative estimate of drug-likeness (QED) is 0.543. The summed E-state index contributed by atoms with van der Waals surface area (Å²) in [6.07, 6.45) is 4.69. The van der Waals surface area contributed by atoms with Gasteiger partial charge in [0.1, 0.15) is 5.54 Å². The number of urea groups is 1. The molecule has 1 N–H and O–H groups in total. The first-order valence-corrected chi connectivity index (χ1v) is 13.3. The van der Waals surface area contributed by atoms with E-state index in [-0.39, 0.29) is 18.2 Å². The van der Waals surface area contributed by atoms with Crippen LogP contribution in [0.5, 0.6) is 0 Å². The van der Waals surface area contributed by atoms with Crippen molar-refractivity contribution < 1.29 is 22.8 Å². The summed E-state index contributed by atoms with van der Waals surface area (Å²) >= 11 is 1.58. The van der Waals surface area contributed by atoms with E-state index in [1.54, 1.807) is 29.5 Å². The topological polar surface area (TPSA) is 104 Å². The van der Waals surface area contributed by atoms with Gasteiger partial charge in [0.15, 0.2) is 5.78 Å². The van der Waals surface area contributed by atoms with Gasteiger partial charge in [-0.25, -0.2) is 13.2 Å². The average Bonchev–Trinajstić information content (AvgIpc) is 3.33. The minimum absolute atomic E-state index is 0.347. The van der Waals surface area contributed by atoms with Crippen molar-refractivity contribution in [3.63, 3.8) is 0 Å². The van der Waals surface area contributed by atoms with E-state index < -0.39 is 21.6 Å². The van der Waals surface area contributed by atoms with Crippen molar-refractivity contribution in [1.29, 1.82) is 0 Å². The molecule has 10 heteroatoms. The lowest BCUT2D eigenvalue weighted by molar-refractivity contribution is -0.131. The van der Waals surface area contributed by atoms with E-state index in [2.05, 4.69) is 5.32 Å². The Labute approximate surface area is 190 Å². The van der Waals surface area contributed by atoms with Crippen LogP contribution in [0.2, 0.25) is 0 Å². The third kappa shape index (κ3) is 3.24. The van der Waals surface area contributed by atoms with Gasteiger partial charge in [0.25, 0.3) is 5.91 Å². The molecule has 1 aliphatic carbocycles. The van der Waals surface area contributed by atoms with Gasteiger partial charge in [-0.3, -0.25) is 18.8 Å². The van der Waals surface area contributed by atoms with Gasteiger partial charge in [0.05, 0.1) is 18.5 Å². The van der Waals surface area contributed by atoms with Gasteiger partial charge in [-0.05, 0) is 67.3 Å². The number of hydrogen-bond acceptors (Lipinski definition) is 6. The Bertz CT molecular complexity index is 1250. The molecule has 3 heterocycles. The van der Waals surface area contributed by atoms with Gasteiger partial charge < -0.3 is 5.32 Å². The summed E-state index contributed by atoms with van der Waals surface area (Å²) in [5.74, 6) is -0.734. The van der Waals surface area contributed by atoms with E-state index >= 15 is 0 Å². The smallest absolute Gasteiger partial charge is 0.319 e. The number of anilines is 1. The average molecular weight is 474 g/mol. The zero-order chi connectivity index (χ0) is 22.7. The number of hydrogen-bond donors (Lipinski definition) is 1. The SMILES string of the molecule is CS(=O)(=O)N1CCCc2cc(C(=O)CN3C(=O)N[C@@]4(CCCc5sccc54)C3=O)ccc21. The Morgan fingerprint density at radius 2 is 2.00 bits per heavy atom. The minimum atomic E-state index is -3.40.